The van der Waals surface area contributed by atoms with Gasteiger partial charge >= 0.3 is 5.97 Å². The smallest absolute Gasteiger partial charge is 0.311 e. The van der Waals surface area contributed by atoms with Crippen LogP contribution in [0.2, 0.25) is 0 Å². The lowest BCUT2D eigenvalue weighted by Crippen LogP contribution is -2.48. The standard InChI is InChI=1S/C13H26N2O3/c1-4-7(5-2)11(15)10-9(14)6-8(12(10)16)13(17)18-3/h7-12,16H,4-6,14-15H2,1-3H3. The van der Waals surface area contributed by atoms with Crippen LogP contribution in [0.3, 0.4) is 0 Å². The lowest BCUT2D eigenvalue weighted by atomic mass is 9.81. The van der Waals surface area contributed by atoms with Crippen LogP contribution in [0.1, 0.15) is 33.1 Å². The molecule has 0 aromatic heterocycles. The van der Waals surface area contributed by atoms with Crippen LogP contribution in [0.15, 0.2) is 0 Å². The van der Waals surface area contributed by atoms with E-state index in [9.17, 15) is 9.90 Å². The minimum absolute atomic E-state index is 0.167. The lowest BCUT2D eigenvalue weighted by Gasteiger charge is -2.32. The molecule has 0 aromatic rings. The number of ether oxygens (including phenoxy) is 1. The Balaban J connectivity index is 2.80. The summed E-state index contributed by atoms with van der Waals surface area (Å²) in [5, 5.41) is 10.3. The summed E-state index contributed by atoms with van der Waals surface area (Å²) in [6.07, 6.45) is 1.57. The fourth-order valence-electron chi connectivity index (χ4n) is 3.16. The van der Waals surface area contributed by atoms with Crippen LogP contribution in [0, 0.1) is 17.8 Å². The maximum atomic E-state index is 11.6. The van der Waals surface area contributed by atoms with E-state index >= 15 is 0 Å². The molecule has 5 nitrogen and oxygen atoms in total. The van der Waals surface area contributed by atoms with E-state index in [2.05, 4.69) is 13.8 Å². The van der Waals surface area contributed by atoms with Crippen LogP contribution in [0.25, 0.3) is 0 Å². The van der Waals surface area contributed by atoms with Gasteiger partial charge in [-0.2, -0.15) is 0 Å². The zero-order chi connectivity index (χ0) is 13.9. The number of aliphatic hydroxyl groups is 1. The Hall–Kier alpha value is -0.650. The van der Waals surface area contributed by atoms with Crippen molar-refractivity contribution in [3.63, 3.8) is 0 Å². The van der Waals surface area contributed by atoms with Gasteiger partial charge in [0.25, 0.3) is 0 Å². The molecule has 0 aromatic carbocycles. The summed E-state index contributed by atoms with van der Waals surface area (Å²) in [6.45, 7) is 4.16. The first-order chi connectivity index (χ1) is 8.47. The number of methoxy groups -OCH3 is 1. The van der Waals surface area contributed by atoms with E-state index in [1.165, 1.54) is 7.11 Å². The molecule has 0 aliphatic heterocycles. The summed E-state index contributed by atoms with van der Waals surface area (Å²) in [6, 6.07) is -0.403. The molecule has 1 saturated carbocycles. The van der Waals surface area contributed by atoms with Gasteiger partial charge in [-0.05, 0) is 12.3 Å². The molecule has 5 atom stereocenters. The zero-order valence-corrected chi connectivity index (χ0v) is 11.5. The average molecular weight is 258 g/mol. The molecule has 1 aliphatic rings. The van der Waals surface area contributed by atoms with Gasteiger partial charge in [0.2, 0.25) is 0 Å². The number of aliphatic hydroxyl groups excluding tert-OH is 1. The lowest BCUT2D eigenvalue weighted by molar-refractivity contribution is -0.149. The minimum Gasteiger partial charge on any atom is -0.469 e. The Morgan fingerprint density at radius 1 is 1.44 bits per heavy atom. The van der Waals surface area contributed by atoms with Crippen molar-refractivity contribution in [2.75, 3.05) is 7.11 Å². The van der Waals surface area contributed by atoms with E-state index in [-0.39, 0.29) is 18.0 Å². The van der Waals surface area contributed by atoms with E-state index in [1.807, 2.05) is 0 Å². The van der Waals surface area contributed by atoms with Crippen molar-refractivity contribution in [2.24, 2.45) is 29.2 Å². The van der Waals surface area contributed by atoms with Crippen molar-refractivity contribution < 1.29 is 14.6 Å². The molecule has 18 heavy (non-hydrogen) atoms. The highest BCUT2D eigenvalue weighted by Gasteiger charge is 2.48. The van der Waals surface area contributed by atoms with Crippen LogP contribution < -0.4 is 11.5 Å². The molecule has 0 spiro atoms. The van der Waals surface area contributed by atoms with Crippen molar-refractivity contribution in [1.29, 1.82) is 0 Å². The average Bonchev–Trinajstić information content (AvgIpc) is 2.65. The molecule has 1 aliphatic carbocycles. The van der Waals surface area contributed by atoms with E-state index in [0.717, 1.165) is 12.8 Å². The Morgan fingerprint density at radius 3 is 2.44 bits per heavy atom. The van der Waals surface area contributed by atoms with Crippen molar-refractivity contribution in [3.8, 4) is 0 Å². The number of carbonyl (C=O) groups excluding carboxylic acids is 1. The first-order valence-electron chi connectivity index (χ1n) is 6.74. The molecule has 0 radical (unpaired) electrons. The first kappa shape index (κ1) is 15.4. The van der Waals surface area contributed by atoms with E-state index in [0.29, 0.717) is 12.3 Å². The van der Waals surface area contributed by atoms with Gasteiger partial charge in [0.05, 0.1) is 19.1 Å². The van der Waals surface area contributed by atoms with Crippen molar-refractivity contribution in [1.82, 2.24) is 0 Å². The van der Waals surface area contributed by atoms with Gasteiger partial charge < -0.3 is 21.3 Å². The second-order valence-corrected chi connectivity index (χ2v) is 5.25. The maximum Gasteiger partial charge on any atom is 0.311 e. The molecule has 5 unspecified atom stereocenters. The predicted octanol–water partition coefficient (Wildman–Crippen LogP) is 0.247. The van der Waals surface area contributed by atoms with E-state index in [4.69, 9.17) is 16.2 Å². The fourth-order valence-corrected chi connectivity index (χ4v) is 3.16. The summed E-state index contributed by atoms with van der Waals surface area (Å²) in [5.74, 6) is -0.821. The van der Waals surface area contributed by atoms with E-state index in [1.54, 1.807) is 0 Å². The Kier molecular flexibility index (Phi) is 5.56. The molecule has 0 heterocycles. The molecular weight excluding hydrogens is 232 g/mol. The fraction of sp³-hybridized carbons (Fsp3) is 0.923. The largest absolute Gasteiger partial charge is 0.469 e. The third-order valence-electron chi connectivity index (χ3n) is 4.37. The molecule has 1 rings (SSSR count). The Labute approximate surface area is 109 Å². The van der Waals surface area contributed by atoms with Gasteiger partial charge in [0.15, 0.2) is 0 Å². The molecule has 5 N–H and O–H groups in total. The molecular formula is C13H26N2O3. The maximum absolute atomic E-state index is 11.6. The number of esters is 1. The normalized spacial score (nSPS) is 33.7. The van der Waals surface area contributed by atoms with Crippen LogP contribution in [-0.4, -0.2) is 36.4 Å². The van der Waals surface area contributed by atoms with Crippen LogP contribution in [0.4, 0.5) is 0 Å². The summed E-state index contributed by atoms with van der Waals surface area (Å²) in [7, 11) is 1.33. The highest BCUT2D eigenvalue weighted by molar-refractivity contribution is 5.73. The quantitative estimate of drug-likeness (QED) is 0.614. The highest BCUT2D eigenvalue weighted by atomic mass is 16.5. The third kappa shape index (κ3) is 2.84. The summed E-state index contributed by atoms with van der Waals surface area (Å²) in [4.78, 5) is 11.6. The molecule has 0 saturated heterocycles. The summed E-state index contributed by atoms with van der Waals surface area (Å²) in [5.41, 5.74) is 12.3. The molecule has 0 amide bonds. The van der Waals surface area contributed by atoms with Crippen molar-refractivity contribution >= 4 is 5.97 Å². The number of hydrogen-bond acceptors (Lipinski definition) is 5. The number of hydrogen-bond donors (Lipinski definition) is 3. The second-order valence-electron chi connectivity index (χ2n) is 5.25. The molecule has 1 fully saturated rings. The van der Waals surface area contributed by atoms with Crippen LogP contribution in [0.5, 0.6) is 0 Å². The number of carbonyl (C=O) groups is 1. The monoisotopic (exact) mass is 258 g/mol. The SMILES string of the molecule is CCC(CC)C(N)C1C(N)CC(C(=O)OC)C1O. The third-order valence-corrected chi connectivity index (χ3v) is 4.37. The van der Waals surface area contributed by atoms with Gasteiger partial charge in [-0.15, -0.1) is 0 Å². The van der Waals surface area contributed by atoms with Crippen LogP contribution >= 0.6 is 0 Å². The van der Waals surface area contributed by atoms with Crippen LogP contribution in [-0.2, 0) is 9.53 Å². The Bertz CT molecular complexity index is 281. The first-order valence-corrected chi connectivity index (χ1v) is 6.74. The van der Waals surface area contributed by atoms with Crippen molar-refractivity contribution in [2.45, 2.75) is 51.3 Å². The highest BCUT2D eigenvalue weighted by Crippen LogP contribution is 2.36. The van der Waals surface area contributed by atoms with Gasteiger partial charge in [-0.1, -0.05) is 26.7 Å². The predicted molar refractivity (Wildman–Crippen MR) is 69.6 cm³/mol. The van der Waals surface area contributed by atoms with Gasteiger partial charge in [0, 0.05) is 18.0 Å². The number of nitrogens with two attached hydrogens (primary N) is 2. The zero-order valence-electron chi connectivity index (χ0n) is 11.5. The van der Waals surface area contributed by atoms with Crippen molar-refractivity contribution in [3.05, 3.63) is 0 Å². The topological polar surface area (TPSA) is 98.6 Å². The van der Waals surface area contributed by atoms with Gasteiger partial charge in [0.1, 0.15) is 0 Å². The second kappa shape index (κ2) is 6.50. The summed E-state index contributed by atoms with van der Waals surface area (Å²) >= 11 is 0. The number of rotatable bonds is 5. The van der Waals surface area contributed by atoms with Gasteiger partial charge in [-0.25, -0.2) is 0 Å². The molecule has 0 bridgehead atoms. The molecule has 106 valence electrons. The van der Waals surface area contributed by atoms with E-state index < -0.39 is 18.0 Å². The molecule has 5 heteroatoms. The Morgan fingerprint density at radius 2 is 2.00 bits per heavy atom. The van der Waals surface area contributed by atoms with Gasteiger partial charge in [-0.3, -0.25) is 4.79 Å². The minimum atomic E-state index is -0.789. The summed E-state index contributed by atoms with van der Waals surface area (Å²) < 4.78 is 4.70.